The minimum atomic E-state index is -3.65. The summed E-state index contributed by atoms with van der Waals surface area (Å²) < 4.78 is 32.5. The van der Waals surface area contributed by atoms with Gasteiger partial charge in [-0.2, -0.15) is 4.31 Å². The lowest BCUT2D eigenvalue weighted by molar-refractivity contribution is 0.0979. The molecule has 1 N–H and O–H groups in total. The van der Waals surface area contributed by atoms with E-state index in [9.17, 15) is 13.2 Å². The Kier molecular flexibility index (Phi) is 6.94. The molecule has 7 nitrogen and oxygen atoms in total. The summed E-state index contributed by atoms with van der Waals surface area (Å²) in [5.74, 6) is -0.340. The van der Waals surface area contributed by atoms with E-state index < -0.39 is 10.0 Å². The van der Waals surface area contributed by atoms with Crippen molar-refractivity contribution in [3.63, 3.8) is 0 Å². The van der Waals surface area contributed by atoms with Gasteiger partial charge in [0.2, 0.25) is 10.0 Å². The van der Waals surface area contributed by atoms with E-state index in [1.807, 2.05) is 31.4 Å². The van der Waals surface area contributed by atoms with Crippen molar-refractivity contribution in [1.29, 1.82) is 0 Å². The molecule has 0 radical (unpaired) electrons. The van der Waals surface area contributed by atoms with Gasteiger partial charge < -0.3 is 4.74 Å². The van der Waals surface area contributed by atoms with Crippen molar-refractivity contribution in [2.75, 3.05) is 25.5 Å². The first kappa shape index (κ1) is 23.6. The van der Waals surface area contributed by atoms with Gasteiger partial charge in [-0.05, 0) is 56.5 Å². The van der Waals surface area contributed by atoms with Gasteiger partial charge in [0, 0.05) is 36.7 Å². The van der Waals surface area contributed by atoms with E-state index >= 15 is 0 Å². The van der Waals surface area contributed by atoms with Crippen molar-refractivity contribution < 1.29 is 17.9 Å². The molecule has 4 rings (SSSR count). The quantitative estimate of drug-likeness (QED) is 0.533. The van der Waals surface area contributed by atoms with Gasteiger partial charge in [-0.25, -0.2) is 13.4 Å². The highest BCUT2D eigenvalue weighted by Crippen LogP contribution is 2.28. The number of amides is 1. The lowest BCUT2D eigenvalue weighted by Crippen LogP contribution is -2.34. The molecule has 1 aromatic heterocycles. The number of benzene rings is 2. The molecule has 33 heavy (non-hydrogen) atoms. The number of nitrogens with zero attached hydrogens (tertiary/aromatic N) is 2. The van der Waals surface area contributed by atoms with Crippen LogP contribution in [0.2, 0.25) is 0 Å². The maximum atomic E-state index is 12.8. The van der Waals surface area contributed by atoms with Gasteiger partial charge in [0.05, 0.1) is 16.7 Å². The summed E-state index contributed by atoms with van der Waals surface area (Å²) >= 11 is 1.35. The average Bonchev–Trinajstić information content (AvgIpc) is 3.46. The fraction of sp³-hybridized carbons (Fsp3) is 0.333. The zero-order chi connectivity index (χ0) is 23.6. The predicted molar refractivity (Wildman–Crippen MR) is 130 cm³/mol. The predicted octanol–water partition coefficient (Wildman–Crippen LogP) is 4.48. The second-order valence-electron chi connectivity index (χ2n) is 8.26. The van der Waals surface area contributed by atoms with Crippen molar-refractivity contribution in [1.82, 2.24) is 9.29 Å². The second-order valence-corrected chi connectivity index (χ2v) is 11.2. The number of anilines is 1. The lowest BCUT2D eigenvalue weighted by atomic mass is 10.0. The van der Waals surface area contributed by atoms with Gasteiger partial charge in [0.15, 0.2) is 5.13 Å². The van der Waals surface area contributed by atoms with Crippen LogP contribution in [-0.2, 0) is 14.8 Å². The normalized spacial score (nSPS) is 16.3. The Morgan fingerprint density at radius 2 is 1.97 bits per heavy atom. The Hall–Kier alpha value is -2.59. The van der Waals surface area contributed by atoms with Crippen LogP contribution >= 0.6 is 11.3 Å². The molecule has 1 atom stereocenters. The van der Waals surface area contributed by atoms with Crippen LogP contribution < -0.4 is 5.32 Å². The Labute approximate surface area is 198 Å². The number of carbonyl (C=O) groups excluding carboxylic acids is 1. The van der Waals surface area contributed by atoms with Crippen molar-refractivity contribution in [3.05, 3.63) is 64.5 Å². The summed E-state index contributed by atoms with van der Waals surface area (Å²) in [7, 11) is -2.10. The molecule has 0 spiro atoms. The third-order valence-corrected chi connectivity index (χ3v) is 8.29. The molecule has 2 heterocycles. The van der Waals surface area contributed by atoms with Gasteiger partial charge in [-0.1, -0.05) is 23.8 Å². The first-order valence-corrected chi connectivity index (χ1v) is 13.1. The smallest absolute Gasteiger partial charge is 0.257 e. The molecule has 174 valence electrons. The molecule has 0 bridgehead atoms. The maximum absolute atomic E-state index is 12.8. The molecule has 1 unspecified atom stereocenters. The van der Waals surface area contributed by atoms with Gasteiger partial charge in [-0.15, -0.1) is 11.3 Å². The molecule has 1 fully saturated rings. The molecular weight excluding hydrogens is 458 g/mol. The summed E-state index contributed by atoms with van der Waals surface area (Å²) in [5.41, 5.74) is 4.50. The van der Waals surface area contributed by atoms with Gasteiger partial charge >= 0.3 is 0 Å². The van der Waals surface area contributed by atoms with Crippen LogP contribution in [-0.4, -0.2) is 49.9 Å². The molecule has 2 aromatic carbocycles. The largest absolute Gasteiger partial charge is 0.377 e. The zero-order valence-electron chi connectivity index (χ0n) is 18.9. The van der Waals surface area contributed by atoms with Crippen LogP contribution in [0.15, 0.2) is 52.7 Å². The van der Waals surface area contributed by atoms with E-state index in [4.69, 9.17) is 4.74 Å². The number of hydrogen-bond donors (Lipinski definition) is 1. The summed E-state index contributed by atoms with van der Waals surface area (Å²) in [6.07, 6.45) is 1.75. The maximum Gasteiger partial charge on any atom is 0.257 e. The molecule has 9 heteroatoms. The number of ether oxygens (including phenoxy) is 1. The summed E-state index contributed by atoms with van der Waals surface area (Å²) in [6.45, 7) is 5.07. The van der Waals surface area contributed by atoms with E-state index in [1.54, 1.807) is 7.05 Å². The number of sulfonamides is 1. The van der Waals surface area contributed by atoms with E-state index in [1.165, 1.54) is 45.5 Å². The number of thiazole rings is 1. The topological polar surface area (TPSA) is 88.6 Å². The number of aromatic nitrogens is 1. The summed E-state index contributed by atoms with van der Waals surface area (Å²) in [4.78, 5) is 17.4. The number of nitrogens with one attached hydrogen (secondary N) is 1. The van der Waals surface area contributed by atoms with Crippen molar-refractivity contribution >= 4 is 32.4 Å². The number of hydrogen-bond acceptors (Lipinski definition) is 6. The molecule has 1 aliphatic rings. The average molecular weight is 486 g/mol. The monoisotopic (exact) mass is 485 g/mol. The van der Waals surface area contributed by atoms with E-state index in [-0.39, 0.29) is 16.9 Å². The molecule has 3 aromatic rings. The molecule has 1 saturated heterocycles. The highest BCUT2D eigenvalue weighted by atomic mass is 32.2. The van der Waals surface area contributed by atoms with Crippen LogP contribution in [0, 0.1) is 13.8 Å². The summed E-state index contributed by atoms with van der Waals surface area (Å²) in [5, 5.41) is 5.20. The number of likely N-dealkylation sites (N-methyl/N-ethyl adjacent to an activating group) is 1. The third-order valence-electron chi connectivity index (χ3n) is 5.69. The van der Waals surface area contributed by atoms with Crippen molar-refractivity contribution in [2.24, 2.45) is 0 Å². The standard InChI is InChI=1S/C24H27N3O4S2/c1-16-6-11-21(17(2)13-16)22-15-32-24(25-22)26-23(28)18-7-9-20(10-8-18)33(29,30)27(3)14-19-5-4-12-31-19/h6-11,13,15,19H,4-5,12,14H2,1-3H3,(H,25,26,28). The summed E-state index contributed by atoms with van der Waals surface area (Å²) in [6, 6.07) is 12.1. The van der Waals surface area contributed by atoms with Gasteiger partial charge in [0.25, 0.3) is 5.91 Å². The second kappa shape index (κ2) is 9.72. The SMILES string of the molecule is Cc1ccc(-c2csc(NC(=O)c3ccc(S(=O)(=O)N(C)CC4CCCO4)cc3)n2)c(C)c1. The Morgan fingerprint density at radius 3 is 2.64 bits per heavy atom. The fourth-order valence-corrected chi connectivity index (χ4v) is 5.76. The third kappa shape index (κ3) is 5.33. The molecule has 1 amide bonds. The number of aryl methyl sites for hydroxylation is 2. The first-order valence-electron chi connectivity index (χ1n) is 10.8. The van der Waals surface area contributed by atoms with Gasteiger partial charge in [0.1, 0.15) is 0 Å². The first-order chi connectivity index (χ1) is 15.7. The molecule has 0 aliphatic carbocycles. The zero-order valence-corrected chi connectivity index (χ0v) is 20.5. The van der Waals surface area contributed by atoms with Crippen LogP contribution in [0.5, 0.6) is 0 Å². The van der Waals surface area contributed by atoms with E-state index in [2.05, 4.69) is 16.4 Å². The molecule has 1 aliphatic heterocycles. The lowest BCUT2D eigenvalue weighted by Gasteiger charge is -2.20. The minimum Gasteiger partial charge on any atom is -0.377 e. The van der Waals surface area contributed by atoms with Gasteiger partial charge in [-0.3, -0.25) is 10.1 Å². The van der Waals surface area contributed by atoms with E-state index in [0.29, 0.717) is 23.8 Å². The number of carbonyl (C=O) groups is 1. The van der Waals surface area contributed by atoms with E-state index in [0.717, 1.165) is 29.7 Å². The minimum absolute atomic E-state index is 0.0679. The van der Waals surface area contributed by atoms with Crippen LogP contribution in [0.4, 0.5) is 5.13 Å². The Balaban J connectivity index is 1.43. The number of rotatable bonds is 7. The highest BCUT2D eigenvalue weighted by molar-refractivity contribution is 7.89. The molecular formula is C24H27N3O4S2. The van der Waals surface area contributed by atoms with Crippen molar-refractivity contribution in [2.45, 2.75) is 37.7 Å². The molecule has 0 saturated carbocycles. The Morgan fingerprint density at radius 1 is 1.21 bits per heavy atom. The van der Waals surface area contributed by atoms with Crippen LogP contribution in [0.3, 0.4) is 0 Å². The Bertz CT molecular complexity index is 1250. The van der Waals surface area contributed by atoms with Crippen LogP contribution in [0.1, 0.15) is 34.3 Å². The highest BCUT2D eigenvalue weighted by Gasteiger charge is 2.26. The van der Waals surface area contributed by atoms with Crippen LogP contribution in [0.25, 0.3) is 11.3 Å². The fourth-order valence-electron chi connectivity index (χ4n) is 3.86. The van der Waals surface area contributed by atoms with Crippen molar-refractivity contribution in [3.8, 4) is 11.3 Å².